The van der Waals surface area contributed by atoms with Crippen molar-refractivity contribution in [2.75, 3.05) is 27.2 Å². The third kappa shape index (κ3) is 4.48. The Balaban J connectivity index is 2.41. The molecule has 0 spiro atoms. The summed E-state index contributed by atoms with van der Waals surface area (Å²) in [6, 6.07) is 7.09. The fourth-order valence-corrected chi connectivity index (χ4v) is 3.93. The molecule has 0 radical (unpaired) electrons. The van der Waals surface area contributed by atoms with Crippen molar-refractivity contribution in [2.24, 2.45) is 7.05 Å². The van der Waals surface area contributed by atoms with Crippen LogP contribution in [-0.2, 0) is 23.6 Å². The summed E-state index contributed by atoms with van der Waals surface area (Å²) in [6.45, 7) is 0.438. The fraction of sp³-hybridized carbons (Fsp3) is 0.353. The number of aromatic carboxylic acids is 1. The van der Waals surface area contributed by atoms with Gasteiger partial charge in [-0.1, -0.05) is 18.2 Å². The first kappa shape index (κ1) is 20.1. The number of halogens is 1. The number of nitrogens with zero attached hydrogens (tertiary/aromatic N) is 3. The molecular formula is C17H22FN3O4S. The van der Waals surface area contributed by atoms with Crippen LogP contribution in [0.25, 0.3) is 0 Å². The Morgan fingerprint density at radius 1 is 1.23 bits per heavy atom. The van der Waals surface area contributed by atoms with Gasteiger partial charge in [-0.15, -0.1) is 0 Å². The number of aromatic nitrogens is 1. The molecular weight excluding hydrogens is 361 g/mol. The molecule has 0 aliphatic rings. The van der Waals surface area contributed by atoms with Crippen LogP contribution in [0.3, 0.4) is 0 Å². The number of benzene rings is 1. The maximum Gasteiger partial charge on any atom is 0.352 e. The van der Waals surface area contributed by atoms with E-state index < -0.39 is 21.8 Å². The smallest absolute Gasteiger partial charge is 0.352 e. The molecule has 9 heteroatoms. The number of aryl methyl sites for hydroxylation is 1. The first-order valence-corrected chi connectivity index (χ1v) is 9.35. The Morgan fingerprint density at radius 2 is 1.88 bits per heavy atom. The average Bonchev–Trinajstić information content (AvgIpc) is 2.95. The van der Waals surface area contributed by atoms with E-state index in [9.17, 15) is 17.6 Å². The summed E-state index contributed by atoms with van der Waals surface area (Å²) in [7, 11) is 1.08. The van der Waals surface area contributed by atoms with Crippen LogP contribution in [0.4, 0.5) is 4.39 Å². The predicted molar refractivity (Wildman–Crippen MR) is 94.9 cm³/mol. The van der Waals surface area contributed by atoms with E-state index in [4.69, 9.17) is 5.11 Å². The van der Waals surface area contributed by atoms with Crippen LogP contribution >= 0.6 is 0 Å². The number of rotatable bonds is 8. The maximum atomic E-state index is 14.0. The lowest BCUT2D eigenvalue weighted by Gasteiger charge is -2.23. The van der Waals surface area contributed by atoms with Crippen molar-refractivity contribution in [3.63, 3.8) is 0 Å². The summed E-state index contributed by atoms with van der Waals surface area (Å²) in [5.41, 5.74) is 0.117. The molecule has 2 aromatic rings. The number of carboxylic acids is 1. The summed E-state index contributed by atoms with van der Waals surface area (Å²) >= 11 is 0. The van der Waals surface area contributed by atoms with Gasteiger partial charge in [0.15, 0.2) is 0 Å². The lowest BCUT2D eigenvalue weighted by Crippen LogP contribution is -2.36. The monoisotopic (exact) mass is 383 g/mol. The van der Waals surface area contributed by atoms with E-state index in [1.165, 1.54) is 36.0 Å². The van der Waals surface area contributed by atoms with Gasteiger partial charge >= 0.3 is 5.97 Å². The highest BCUT2D eigenvalue weighted by molar-refractivity contribution is 7.89. The molecule has 0 saturated heterocycles. The lowest BCUT2D eigenvalue weighted by molar-refractivity contribution is 0.0686. The van der Waals surface area contributed by atoms with Gasteiger partial charge in [0.25, 0.3) is 0 Å². The molecule has 142 valence electrons. The first-order chi connectivity index (χ1) is 12.1. The zero-order valence-electron chi connectivity index (χ0n) is 14.9. The maximum absolute atomic E-state index is 14.0. The van der Waals surface area contributed by atoms with Gasteiger partial charge in [-0.2, -0.15) is 4.31 Å². The minimum Gasteiger partial charge on any atom is -0.477 e. The summed E-state index contributed by atoms with van der Waals surface area (Å²) in [6.07, 6.45) is 1.25. The van der Waals surface area contributed by atoms with Crippen LogP contribution in [0.2, 0.25) is 0 Å². The molecule has 7 nitrogen and oxygen atoms in total. The highest BCUT2D eigenvalue weighted by atomic mass is 32.2. The Bertz CT molecular complexity index is 893. The van der Waals surface area contributed by atoms with E-state index in [1.54, 1.807) is 20.2 Å². The molecule has 1 heterocycles. The minimum atomic E-state index is -3.99. The number of carboxylic acid groups (broad SMARTS) is 1. The Kier molecular flexibility index (Phi) is 6.17. The molecule has 2 rings (SSSR count). The molecule has 0 aliphatic carbocycles. The zero-order valence-corrected chi connectivity index (χ0v) is 15.7. The highest BCUT2D eigenvalue weighted by Gasteiger charge is 2.28. The first-order valence-electron chi connectivity index (χ1n) is 7.91. The summed E-state index contributed by atoms with van der Waals surface area (Å²) in [5, 5.41) is 9.15. The van der Waals surface area contributed by atoms with Gasteiger partial charge in [-0.3, -0.25) is 0 Å². The Morgan fingerprint density at radius 3 is 2.42 bits per heavy atom. The van der Waals surface area contributed by atoms with E-state index >= 15 is 0 Å². The van der Waals surface area contributed by atoms with Gasteiger partial charge < -0.3 is 14.6 Å². The molecule has 1 aromatic heterocycles. The average molecular weight is 383 g/mol. The van der Waals surface area contributed by atoms with Crippen molar-refractivity contribution in [3.8, 4) is 0 Å². The van der Waals surface area contributed by atoms with Crippen LogP contribution in [0.5, 0.6) is 0 Å². The SMILES string of the molecule is CN(C)CCN(Cc1ccccc1F)S(=O)(=O)c1cc(C(=O)O)n(C)c1. The molecule has 0 saturated carbocycles. The largest absolute Gasteiger partial charge is 0.477 e. The second-order valence-corrected chi connectivity index (χ2v) is 8.15. The zero-order chi connectivity index (χ0) is 19.5. The third-order valence-corrected chi connectivity index (χ3v) is 5.75. The number of carbonyl (C=O) groups is 1. The van der Waals surface area contributed by atoms with Crippen LogP contribution in [0, 0.1) is 5.82 Å². The van der Waals surface area contributed by atoms with E-state index in [0.717, 1.165) is 10.4 Å². The predicted octanol–water partition coefficient (Wildman–Crippen LogP) is 1.61. The third-order valence-electron chi connectivity index (χ3n) is 3.94. The van der Waals surface area contributed by atoms with Crippen LogP contribution in [0.1, 0.15) is 16.1 Å². The standard InChI is InChI=1S/C17H22FN3O4S/c1-19(2)8-9-21(11-13-6-4-5-7-15(13)18)26(24,25)14-10-16(17(22)23)20(3)12-14/h4-7,10,12H,8-9,11H2,1-3H3,(H,22,23). The normalized spacial score (nSPS) is 12.1. The van der Waals surface area contributed by atoms with Crippen LogP contribution in [-0.4, -0.2) is 60.5 Å². The van der Waals surface area contributed by atoms with Gasteiger partial charge in [0.05, 0.1) is 0 Å². The molecule has 0 amide bonds. The number of likely N-dealkylation sites (N-methyl/N-ethyl adjacent to an activating group) is 1. The second-order valence-electron chi connectivity index (χ2n) is 6.21. The van der Waals surface area contributed by atoms with Gasteiger partial charge in [0.2, 0.25) is 10.0 Å². The van der Waals surface area contributed by atoms with Gasteiger partial charge in [-0.05, 0) is 26.2 Å². The Hall–Kier alpha value is -2.23. The molecule has 0 fully saturated rings. The molecule has 1 N–H and O–H groups in total. The molecule has 1 aromatic carbocycles. The molecule has 0 bridgehead atoms. The fourth-order valence-electron chi connectivity index (χ4n) is 2.45. The number of hydrogen-bond acceptors (Lipinski definition) is 4. The number of hydrogen-bond donors (Lipinski definition) is 1. The van der Waals surface area contributed by atoms with Crippen molar-refractivity contribution >= 4 is 16.0 Å². The minimum absolute atomic E-state index is 0.132. The van der Waals surface area contributed by atoms with Crippen molar-refractivity contribution in [1.29, 1.82) is 0 Å². The molecule has 26 heavy (non-hydrogen) atoms. The second kappa shape index (κ2) is 7.98. The Labute approximate surface area is 152 Å². The van der Waals surface area contributed by atoms with E-state index in [-0.39, 0.29) is 29.2 Å². The topological polar surface area (TPSA) is 82.8 Å². The summed E-state index contributed by atoms with van der Waals surface area (Å²) < 4.78 is 42.5. The van der Waals surface area contributed by atoms with Crippen molar-refractivity contribution in [2.45, 2.75) is 11.4 Å². The van der Waals surface area contributed by atoms with Crippen LogP contribution < -0.4 is 0 Å². The quantitative estimate of drug-likeness (QED) is 0.749. The summed E-state index contributed by atoms with van der Waals surface area (Å²) in [5.74, 6) is -1.71. The number of sulfonamides is 1. The molecule has 0 unspecified atom stereocenters. The van der Waals surface area contributed by atoms with Crippen LogP contribution in [0.15, 0.2) is 41.4 Å². The molecule has 0 atom stereocenters. The van der Waals surface area contributed by atoms with Crippen molar-refractivity contribution in [1.82, 2.24) is 13.8 Å². The van der Waals surface area contributed by atoms with Gasteiger partial charge in [-0.25, -0.2) is 17.6 Å². The van der Waals surface area contributed by atoms with Crippen molar-refractivity contribution in [3.05, 3.63) is 53.6 Å². The van der Waals surface area contributed by atoms with Gasteiger partial charge in [0.1, 0.15) is 16.4 Å². The lowest BCUT2D eigenvalue weighted by atomic mass is 10.2. The van der Waals surface area contributed by atoms with E-state index in [0.29, 0.717) is 6.54 Å². The highest BCUT2D eigenvalue weighted by Crippen LogP contribution is 2.21. The summed E-state index contributed by atoms with van der Waals surface area (Å²) in [4.78, 5) is 12.9. The van der Waals surface area contributed by atoms with E-state index in [2.05, 4.69) is 0 Å². The van der Waals surface area contributed by atoms with Gasteiger partial charge in [0, 0.05) is 38.4 Å². The van der Waals surface area contributed by atoms with E-state index in [1.807, 2.05) is 4.90 Å². The van der Waals surface area contributed by atoms with Crippen molar-refractivity contribution < 1.29 is 22.7 Å². The molecule has 0 aliphatic heterocycles.